The Morgan fingerprint density at radius 1 is 1.12 bits per heavy atom. The molecule has 1 amide bonds. The number of carbonyl (C=O) groups is 1. The Labute approximate surface area is 146 Å². The quantitative estimate of drug-likeness (QED) is 0.589. The molecule has 0 atom stereocenters. The van der Waals surface area contributed by atoms with Gasteiger partial charge in [0.15, 0.2) is 0 Å². The van der Waals surface area contributed by atoms with Gasteiger partial charge < -0.3 is 10.2 Å². The molecule has 1 aliphatic rings. The van der Waals surface area contributed by atoms with Crippen LogP contribution in [0.2, 0.25) is 0 Å². The number of nitrogens with one attached hydrogen (secondary N) is 1. The first-order valence-corrected chi connectivity index (χ1v) is 8.46. The zero-order chi connectivity index (χ0) is 17.6. The average Bonchev–Trinajstić information content (AvgIpc) is 3.45. The SMILES string of the molecule is O=C(CCNc1ccccc1[N+](=O)[O-])N(Cc1ccccc1)C1CC1. The van der Waals surface area contributed by atoms with E-state index in [4.69, 9.17) is 0 Å². The standard InChI is InChI=1S/C19H21N3O3/c23-19(12-13-20-17-8-4-5-9-18(17)22(24)25)21(16-10-11-16)14-15-6-2-1-3-7-15/h1-9,16,20H,10-14H2. The highest BCUT2D eigenvalue weighted by Gasteiger charge is 2.32. The van der Waals surface area contributed by atoms with Crippen molar-refractivity contribution in [3.05, 3.63) is 70.3 Å². The molecular weight excluding hydrogens is 318 g/mol. The molecule has 0 saturated heterocycles. The Morgan fingerprint density at radius 2 is 1.80 bits per heavy atom. The van der Waals surface area contributed by atoms with Crippen LogP contribution in [0.15, 0.2) is 54.6 Å². The molecule has 1 fully saturated rings. The maximum absolute atomic E-state index is 12.6. The molecule has 2 aromatic rings. The summed E-state index contributed by atoms with van der Waals surface area (Å²) in [5, 5.41) is 14.0. The highest BCUT2D eigenvalue weighted by Crippen LogP contribution is 2.29. The van der Waals surface area contributed by atoms with Crippen molar-refractivity contribution < 1.29 is 9.72 Å². The summed E-state index contributed by atoms with van der Waals surface area (Å²) in [7, 11) is 0. The lowest BCUT2D eigenvalue weighted by atomic mass is 10.2. The normalized spacial score (nSPS) is 13.3. The Bertz CT molecular complexity index is 745. The predicted octanol–water partition coefficient (Wildman–Crippen LogP) is 3.59. The van der Waals surface area contributed by atoms with Gasteiger partial charge in [-0.05, 0) is 24.5 Å². The monoisotopic (exact) mass is 339 g/mol. The van der Waals surface area contributed by atoms with Crippen molar-refractivity contribution in [2.24, 2.45) is 0 Å². The van der Waals surface area contributed by atoms with E-state index in [1.807, 2.05) is 35.2 Å². The van der Waals surface area contributed by atoms with Gasteiger partial charge in [0.25, 0.3) is 5.69 Å². The van der Waals surface area contributed by atoms with Gasteiger partial charge in [-0.1, -0.05) is 42.5 Å². The molecule has 0 bridgehead atoms. The van der Waals surface area contributed by atoms with Crippen LogP contribution in [0, 0.1) is 10.1 Å². The third-order valence-corrected chi connectivity index (χ3v) is 4.26. The summed E-state index contributed by atoms with van der Waals surface area (Å²) in [5.74, 6) is 0.0810. The van der Waals surface area contributed by atoms with E-state index in [2.05, 4.69) is 5.32 Å². The number of nitro benzene ring substituents is 1. The first-order chi connectivity index (χ1) is 12.1. The van der Waals surface area contributed by atoms with Crippen LogP contribution in [-0.2, 0) is 11.3 Å². The lowest BCUT2D eigenvalue weighted by Gasteiger charge is -2.23. The van der Waals surface area contributed by atoms with E-state index in [0.717, 1.165) is 18.4 Å². The molecule has 3 rings (SSSR count). The van der Waals surface area contributed by atoms with Gasteiger partial charge in [0.1, 0.15) is 5.69 Å². The van der Waals surface area contributed by atoms with Crippen LogP contribution >= 0.6 is 0 Å². The van der Waals surface area contributed by atoms with Crippen LogP contribution in [-0.4, -0.2) is 28.3 Å². The summed E-state index contributed by atoms with van der Waals surface area (Å²) in [6.07, 6.45) is 2.42. The second-order valence-electron chi connectivity index (χ2n) is 6.19. The Morgan fingerprint density at radius 3 is 2.48 bits per heavy atom. The first-order valence-electron chi connectivity index (χ1n) is 8.46. The van der Waals surface area contributed by atoms with Crippen molar-refractivity contribution >= 4 is 17.3 Å². The number of benzene rings is 2. The molecule has 2 aromatic carbocycles. The fourth-order valence-corrected chi connectivity index (χ4v) is 2.82. The fourth-order valence-electron chi connectivity index (χ4n) is 2.82. The minimum Gasteiger partial charge on any atom is -0.379 e. The second kappa shape index (κ2) is 7.79. The smallest absolute Gasteiger partial charge is 0.292 e. The topological polar surface area (TPSA) is 75.5 Å². The minimum absolute atomic E-state index is 0.0262. The van der Waals surface area contributed by atoms with Gasteiger partial charge in [0.2, 0.25) is 5.91 Å². The number of anilines is 1. The third-order valence-electron chi connectivity index (χ3n) is 4.26. The summed E-state index contributed by atoms with van der Waals surface area (Å²) in [6.45, 7) is 0.998. The summed E-state index contributed by atoms with van der Waals surface area (Å²) >= 11 is 0. The second-order valence-corrected chi connectivity index (χ2v) is 6.19. The molecule has 0 radical (unpaired) electrons. The molecule has 0 unspecified atom stereocenters. The largest absolute Gasteiger partial charge is 0.379 e. The van der Waals surface area contributed by atoms with Crippen molar-refractivity contribution in [1.82, 2.24) is 4.90 Å². The van der Waals surface area contributed by atoms with E-state index in [0.29, 0.717) is 31.2 Å². The van der Waals surface area contributed by atoms with Crippen LogP contribution in [0.3, 0.4) is 0 Å². The van der Waals surface area contributed by atoms with Crippen LogP contribution in [0.4, 0.5) is 11.4 Å². The molecule has 0 heterocycles. The maximum Gasteiger partial charge on any atom is 0.292 e. The lowest BCUT2D eigenvalue weighted by molar-refractivity contribution is -0.384. The van der Waals surface area contributed by atoms with E-state index in [-0.39, 0.29) is 11.6 Å². The molecule has 1 saturated carbocycles. The Balaban J connectivity index is 1.57. The predicted molar refractivity (Wildman–Crippen MR) is 96.2 cm³/mol. The number of nitro groups is 1. The van der Waals surface area contributed by atoms with Crippen LogP contribution in [0.25, 0.3) is 0 Å². The maximum atomic E-state index is 12.6. The molecule has 6 nitrogen and oxygen atoms in total. The van der Waals surface area contributed by atoms with E-state index < -0.39 is 4.92 Å². The molecule has 130 valence electrons. The van der Waals surface area contributed by atoms with Crippen LogP contribution < -0.4 is 5.32 Å². The molecule has 25 heavy (non-hydrogen) atoms. The van der Waals surface area contributed by atoms with Gasteiger partial charge in [-0.15, -0.1) is 0 Å². The van der Waals surface area contributed by atoms with Gasteiger partial charge in [-0.25, -0.2) is 0 Å². The number of hydrogen-bond donors (Lipinski definition) is 1. The van der Waals surface area contributed by atoms with Gasteiger partial charge in [0.05, 0.1) is 4.92 Å². The van der Waals surface area contributed by atoms with E-state index in [1.165, 1.54) is 6.07 Å². The highest BCUT2D eigenvalue weighted by molar-refractivity contribution is 5.77. The van der Waals surface area contributed by atoms with Crippen molar-refractivity contribution in [2.75, 3.05) is 11.9 Å². The van der Waals surface area contributed by atoms with Gasteiger partial charge >= 0.3 is 0 Å². The number of rotatable bonds is 8. The van der Waals surface area contributed by atoms with Gasteiger partial charge in [-0.2, -0.15) is 0 Å². The van der Waals surface area contributed by atoms with Gasteiger partial charge in [-0.3, -0.25) is 14.9 Å². The molecule has 6 heteroatoms. The molecular formula is C19H21N3O3. The van der Waals surface area contributed by atoms with E-state index in [1.54, 1.807) is 18.2 Å². The third kappa shape index (κ3) is 4.56. The average molecular weight is 339 g/mol. The fraction of sp³-hybridized carbons (Fsp3) is 0.316. The molecule has 0 spiro atoms. The number of para-hydroxylation sites is 2. The number of amides is 1. The van der Waals surface area contributed by atoms with Crippen molar-refractivity contribution in [3.63, 3.8) is 0 Å². The molecule has 1 aliphatic carbocycles. The van der Waals surface area contributed by atoms with Crippen LogP contribution in [0.5, 0.6) is 0 Å². The highest BCUT2D eigenvalue weighted by atomic mass is 16.6. The van der Waals surface area contributed by atoms with Crippen LogP contribution in [0.1, 0.15) is 24.8 Å². The molecule has 0 aliphatic heterocycles. The Hall–Kier alpha value is -2.89. The number of hydrogen-bond acceptors (Lipinski definition) is 4. The summed E-state index contributed by atoms with van der Waals surface area (Å²) in [4.78, 5) is 25.1. The summed E-state index contributed by atoms with van der Waals surface area (Å²) in [5.41, 5.74) is 1.59. The van der Waals surface area contributed by atoms with Crippen molar-refractivity contribution in [2.45, 2.75) is 31.8 Å². The molecule has 0 aromatic heterocycles. The number of carbonyl (C=O) groups excluding carboxylic acids is 1. The van der Waals surface area contributed by atoms with E-state index >= 15 is 0 Å². The van der Waals surface area contributed by atoms with Gasteiger partial charge in [0, 0.05) is 31.6 Å². The lowest BCUT2D eigenvalue weighted by Crippen LogP contribution is -2.33. The summed E-state index contributed by atoms with van der Waals surface area (Å²) < 4.78 is 0. The number of nitrogens with zero attached hydrogens (tertiary/aromatic N) is 2. The Kier molecular flexibility index (Phi) is 5.28. The van der Waals surface area contributed by atoms with Crippen molar-refractivity contribution in [3.8, 4) is 0 Å². The first kappa shape index (κ1) is 17.0. The summed E-state index contributed by atoms with van der Waals surface area (Å²) in [6, 6.07) is 16.8. The minimum atomic E-state index is -0.421. The van der Waals surface area contributed by atoms with Crippen molar-refractivity contribution in [1.29, 1.82) is 0 Å². The molecule has 1 N–H and O–H groups in total. The zero-order valence-electron chi connectivity index (χ0n) is 13.9. The zero-order valence-corrected chi connectivity index (χ0v) is 13.9. The van der Waals surface area contributed by atoms with E-state index in [9.17, 15) is 14.9 Å².